The number of nitrogens with zero attached hydrogens (tertiary/aromatic N) is 2. The Morgan fingerprint density at radius 3 is 2.56 bits per heavy atom. The van der Waals surface area contributed by atoms with Crippen LogP contribution >= 0.6 is 11.6 Å². The SMILES string of the molecule is CC(C)S(=O)(=O)CC1CCC(C2=NC(c3cccc(Cl)c3)=NC2)CC1. The average molecular weight is 381 g/mol. The Kier molecular flexibility index (Phi) is 5.64. The van der Waals surface area contributed by atoms with Crippen molar-refractivity contribution in [2.24, 2.45) is 21.8 Å². The molecule has 0 amide bonds. The molecule has 1 aromatic carbocycles. The molecule has 25 heavy (non-hydrogen) atoms. The number of aliphatic imine (C=N–C) groups is 2. The molecule has 1 aliphatic heterocycles. The first-order valence-electron chi connectivity index (χ1n) is 8.94. The van der Waals surface area contributed by atoms with Crippen LogP contribution in [0.5, 0.6) is 0 Å². The van der Waals surface area contributed by atoms with Gasteiger partial charge in [0.2, 0.25) is 0 Å². The van der Waals surface area contributed by atoms with Crippen molar-refractivity contribution in [3.63, 3.8) is 0 Å². The van der Waals surface area contributed by atoms with Gasteiger partial charge in [-0.05, 0) is 63.5 Å². The van der Waals surface area contributed by atoms with Gasteiger partial charge in [0, 0.05) is 16.3 Å². The number of amidine groups is 1. The zero-order valence-corrected chi connectivity index (χ0v) is 16.4. The molecule has 1 aliphatic carbocycles. The molecule has 1 fully saturated rings. The van der Waals surface area contributed by atoms with E-state index in [0.29, 0.717) is 29.2 Å². The van der Waals surface area contributed by atoms with Crippen molar-refractivity contribution in [2.75, 3.05) is 12.3 Å². The van der Waals surface area contributed by atoms with Crippen LogP contribution in [0.25, 0.3) is 0 Å². The Labute approximate surface area is 155 Å². The fourth-order valence-electron chi connectivity index (χ4n) is 3.55. The highest BCUT2D eigenvalue weighted by Gasteiger charge is 2.30. The lowest BCUT2D eigenvalue weighted by Gasteiger charge is -2.28. The lowest BCUT2D eigenvalue weighted by Crippen LogP contribution is -2.29. The summed E-state index contributed by atoms with van der Waals surface area (Å²) in [5.41, 5.74) is 2.10. The summed E-state index contributed by atoms with van der Waals surface area (Å²) in [5.74, 6) is 1.81. The Morgan fingerprint density at radius 2 is 1.92 bits per heavy atom. The zero-order valence-electron chi connectivity index (χ0n) is 14.8. The molecule has 0 atom stereocenters. The summed E-state index contributed by atoms with van der Waals surface area (Å²) in [6, 6.07) is 7.62. The first-order valence-corrected chi connectivity index (χ1v) is 11.0. The second kappa shape index (κ2) is 7.58. The van der Waals surface area contributed by atoms with E-state index in [1.165, 1.54) is 0 Å². The quantitative estimate of drug-likeness (QED) is 0.769. The summed E-state index contributed by atoms with van der Waals surface area (Å²) < 4.78 is 24.2. The summed E-state index contributed by atoms with van der Waals surface area (Å²) in [7, 11) is -2.95. The Bertz CT molecular complexity index is 791. The monoisotopic (exact) mass is 380 g/mol. The number of benzene rings is 1. The molecule has 0 bridgehead atoms. The molecular weight excluding hydrogens is 356 g/mol. The van der Waals surface area contributed by atoms with Crippen LogP contribution in [0.1, 0.15) is 45.1 Å². The number of rotatable bonds is 5. The fourth-order valence-corrected chi connectivity index (χ4v) is 5.12. The lowest BCUT2D eigenvalue weighted by molar-refractivity contribution is 0.343. The van der Waals surface area contributed by atoms with E-state index in [1.54, 1.807) is 13.8 Å². The molecule has 4 nitrogen and oxygen atoms in total. The Balaban J connectivity index is 1.58. The van der Waals surface area contributed by atoms with Crippen molar-refractivity contribution in [2.45, 2.75) is 44.8 Å². The molecule has 1 heterocycles. The molecule has 0 saturated heterocycles. The largest absolute Gasteiger partial charge is 0.260 e. The first-order chi connectivity index (χ1) is 11.8. The summed E-state index contributed by atoms with van der Waals surface area (Å²) in [6.07, 6.45) is 3.94. The molecule has 0 radical (unpaired) electrons. The maximum Gasteiger partial charge on any atom is 0.154 e. The third-order valence-electron chi connectivity index (χ3n) is 5.23. The molecule has 0 spiro atoms. The minimum Gasteiger partial charge on any atom is -0.260 e. The second-order valence-corrected chi connectivity index (χ2v) is 10.4. The van der Waals surface area contributed by atoms with Gasteiger partial charge in [0.15, 0.2) is 15.7 Å². The first kappa shape index (κ1) is 18.6. The van der Waals surface area contributed by atoms with Crippen LogP contribution in [0.3, 0.4) is 0 Å². The van der Waals surface area contributed by atoms with Gasteiger partial charge in [-0.25, -0.2) is 13.4 Å². The van der Waals surface area contributed by atoms with Crippen molar-refractivity contribution < 1.29 is 8.42 Å². The van der Waals surface area contributed by atoms with E-state index in [-0.39, 0.29) is 5.25 Å². The van der Waals surface area contributed by atoms with E-state index >= 15 is 0 Å². The highest BCUT2D eigenvalue weighted by molar-refractivity contribution is 7.91. The standard InChI is InChI=1S/C19H25ClN2O2S/c1-13(2)25(23,24)12-14-6-8-15(9-7-14)18-11-21-19(22-18)16-4-3-5-17(20)10-16/h3-5,10,13-15H,6-9,11-12H2,1-2H3. The molecule has 0 unspecified atom stereocenters. The van der Waals surface area contributed by atoms with Crippen molar-refractivity contribution >= 4 is 33.0 Å². The van der Waals surface area contributed by atoms with Gasteiger partial charge in [-0.1, -0.05) is 23.7 Å². The van der Waals surface area contributed by atoms with Crippen LogP contribution in [-0.4, -0.2) is 37.5 Å². The molecule has 2 aliphatic rings. The maximum absolute atomic E-state index is 12.1. The summed E-state index contributed by atoms with van der Waals surface area (Å²) in [5, 5.41) is 0.411. The van der Waals surface area contributed by atoms with Crippen molar-refractivity contribution in [3.8, 4) is 0 Å². The topological polar surface area (TPSA) is 58.9 Å². The third-order valence-corrected chi connectivity index (χ3v) is 7.83. The Hall–Kier alpha value is -1.20. The molecule has 0 aromatic heterocycles. The predicted molar refractivity (Wildman–Crippen MR) is 105 cm³/mol. The summed E-state index contributed by atoms with van der Waals surface area (Å²) in [4.78, 5) is 9.30. The van der Waals surface area contributed by atoms with Gasteiger partial charge in [0.25, 0.3) is 0 Å². The van der Waals surface area contributed by atoms with E-state index in [9.17, 15) is 8.42 Å². The van der Waals surface area contributed by atoms with Gasteiger partial charge in [-0.2, -0.15) is 0 Å². The average Bonchev–Trinajstić information content (AvgIpc) is 3.05. The van der Waals surface area contributed by atoms with Gasteiger partial charge in [-0.3, -0.25) is 4.99 Å². The number of sulfone groups is 1. The van der Waals surface area contributed by atoms with Crippen molar-refractivity contribution in [1.82, 2.24) is 0 Å². The zero-order chi connectivity index (χ0) is 18.0. The van der Waals surface area contributed by atoms with Crippen LogP contribution in [0, 0.1) is 11.8 Å². The summed E-state index contributed by atoms with van der Waals surface area (Å²) >= 11 is 6.05. The van der Waals surface area contributed by atoms with E-state index in [4.69, 9.17) is 16.6 Å². The fraction of sp³-hybridized carbons (Fsp3) is 0.579. The van der Waals surface area contributed by atoms with Gasteiger partial charge < -0.3 is 0 Å². The van der Waals surface area contributed by atoms with Gasteiger partial charge >= 0.3 is 0 Å². The third kappa shape index (κ3) is 4.50. The molecule has 1 aromatic rings. The number of hydrogen-bond donors (Lipinski definition) is 0. The highest BCUT2D eigenvalue weighted by atomic mass is 35.5. The van der Waals surface area contributed by atoms with Gasteiger partial charge in [0.05, 0.1) is 17.5 Å². The van der Waals surface area contributed by atoms with E-state index in [0.717, 1.165) is 42.8 Å². The maximum atomic E-state index is 12.1. The number of hydrogen-bond acceptors (Lipinski definition) is 4. The molecule has 0 N–H and O–H groups in total. The number of halogens is 1. The second-order valence-electron chi connectivity index (χ2n) is 7.35. The molecule has 6 heteroatoms. The predicted octanol–water partition coefficient (Wildman–Crippen LogP) is 4.17. The highest BCUT2D eigenvalue weighted by Crippen LogP contribution is 2.32. The van der Waals surface area contributed by atoms with E-state index < -0.39 is 9.84 Å². The molecular formula is C19H25ClN2O2S. The lowest BCUT2D eigenvalue weighted by atomic mass is 9.80. The van der Waals surface area contributed by atoms with Crippen molar-refractivity contribution in [1.29, 1.82) is 0 Å². The van der Waals surface area contributed by atoms with Gasteiger partial charge in [-0.15, -0.1) is 0 Å². The smallest absolute Gasteiger partial charge is 0.154 e. The molecule has 1 saturated carbocycles. The van der Waals surface area contributed by atoms with Crippen LogP contribution < -0.4 is 0 Å². The van der Waals surface area contributed by atoms with Crippen LogP contribution in [-0.2, 0) is 9.84 Å². The van der Waals surface area contributed by atoms with Crippen LogP contribution in [0.4, 0.5) is 0 Å². The minimum absolute atomic E-state index is 0.280. The normalized spacial score (nSPS) is 24.3. The summed E-state index contributed by atoms with van der Waals surface area (Å²) in [6.45, 7) is 4.19. The van der Waals surface area contributed by atoms with Gasteiger partial charge in [0.1, 0.15) is 0 Å². The Morgan fingerprint density at radius 1 is 1.20 bits per heavy atom. The van der Waals surface area contributed by atoms with Crippen molar-refractivity contribution in [3.05, 3.63) is 34.9 Å². The van der Waals surface area contributed by atoms with Crippen LogP contribution in [0.2, 0.25) is 5.02 Å². The molecule has 3 rings (SSSR count). The van der Waals surface area contributed by atoms with E-state index in [2.05, 4.69) is 4.99 Å². The van der Waals surface area contributed by atoms with Crippen LogP contribution in [0.15, 0.2) is 34.3 Å². The van der Waals surface area contributed by atoms with E-state index in [1.807, 2.05) is 24.3 Å². The molecule has 136 valence electrons. The minimum atomic E-state index is -2.95.